The molecule has 0 bridgehead atoms. The smallest absolute Gasteiger partial charge is 0.184 e. The summed E-state index contributed by atoms with van der Waals surface area (Å²) in [4.78, 5) is 4.26. The van der Waals surface area contributed by atoms with Crippen molar-refractivity contribution in [2.45, 2.75) is 12.4 Å². The molecule has 0 unspecified atom stereocenters. The highest BCUT2D eigenvalue weighted by Crippen LogP contribution is 2.29. The van der Waals surface area contributed by atoms with Gasteiger partial charge in [-0.15, -0.1) is 16.7 Å². The van der Waals surface area contributed by atoms with Gasteiger partial charge in [-0.1, -0.05) is 5.21 Å². The number of methoxy groups -OCH3 is 2. The summed E-state index contributed by atoms with van der Waals surface area (Å²) in [5.41, 5.74) is 1.45. The molecule has 0 spiro atoms. The topological polar surface area (TPSA) is 62.1 Å². The van der Waals surface area contributed by atoms with Gasteiger partial charge in [-0.2, -0.15) is 0 Å². The highest BCUT2D eigenvalue weighted by molar-refractivity contribution is 6.16. The Bertz CT molecular complexity index is 530. The van der Waals surface area contributed by atoms with E-state index in [2.05, 4.69) is 15.3 Å². The zero-order valence-electron chi connectivity index (χ0n) is 10.1. The van der Waals surface area contributed by atoms with Crippen molar-refractivity contribution in [1.29, 1.82) is 0 Å². The SMILES string of the molecule is COc1ccnc(Cn2cc(CCl)nn2)c1OC. The minimum absolute atomic E-state index is 0.336. The first-order chi connectivity index (χ1) is 8.78. The lowest BCUT2D eigenvalue weighted by Gasteiger charge is -2.11. The number of pyridine rings is 1. The van der Waals surface area contributed by atoms with E-state index in [1.165, 1.54) is 0 Å². The van der Waals surface area contributed by atoms with Gasteiger partial charge in [0.2, 0.25) is 0 Å². The highest BCUT2D eigenvalue weighted by Gasteiger charge is 2.12. The summed E-state index contributed by atoms with van der Waals surface area (Å²) in [7, 11) is 3.16. The average Bonchev–Trinajstić information content (AvgIpc) is 2.86. The number of halogens is 1. The van der Waals surface area contributed by atoms with E-state index in [0.29, 0.717) is 23.9 Å². The molecule has 2 heterocycles. The molecule has 0 fully saturated rings. The zero-order chi connectivity index (χ0) is 13.0. The maximum absolute atomic E-state index is 5.67. The summed E-state index contributed by atoms with van der Waals surface area (Å²) >= 11 is 5.67. The Balaban J connectivity index is 2.28. The highest BCUT2D eigenvalue weighted by atomic mass is 35.5. The second-order valence-corrected chi connectivity index (χ2v) is 3.80. The predicted octanol–water partition coefficient (Wildman–Crippen LogP) is 1.48. The van der Waals surface area contributed by atoms with Crippen LogP contribution in [-0.4, -0.2) is 34.2 Å². The monoisotopic (exact) mass is 268 g/mol. The van der Waals surface area contributed by atoms with Crippen molar-refractivity contribution in [1.82, 2.24) is 20.0 Å². The Morgan fingerprint density at radius 1 is 1.33 bits per heavy atom. The Morgan fingerprint density at radius 3 is 2.78 bits per heavy atom. The quantitative estimate of drug-likeness (QED) is 0.769. The van der Waals surface area contributed by atoms with Gasteiger partial charge in [0.05, 0.1) is 38.5 Å². The van der Waals surface area contributed by atoms with E-state index < -0.39 is 0 Å². The zero-order valence-corrected chi connectivity index (χ0v) is 10.9. The molecule has 0 N–H and O–H groups in total. The standard InChI is InChI=1S/C11H13ClN4O2/c1-17-10-3-4-13-9(11(10)18-2)7-16-6-8(5-12)14-15-16/h3-4,6H,5,7H2,1-2H3. The van der Waals surface area contributed by atoms with E-state index in [1.54, 1.807) is 37.4 Å². The number of ether oxygens (including phenoxy) is 2. The van der Waals surface area contributed by atoms with Crippen molar-refractivity contribution in [2.24, 2.45) is 0 Å². The first kappa shape index (κ1) is 12.6. The normalized spacial score (nSPS) is 10.4. The molecular formula is C11H13ClN4O2. The van der Waals surface area contributed by atoms with Crippen molar-refractivity contribution >= 4 is 11.6 Å². The van der Waals surface area contributed by atoms with E-state index >= 15 is 0 Å². The van der Waals surface area contributed by atoms with Gasteiger partial charge in [0, 0.05) is 12.3 Å². The van der Waals surface area contributed by atoms with Crippen LogP contribution in [0.3, 0.4) is 0 Å². The van der Waals surface area contributed by atoms with E-state index in [-0.39, 0.29) is 0 Å². The van der Waals surface area contributed by atoms with Gasteiger partial charge >= 0.3 is 0 Å². The largest absolute Gasteiger partial charge is 0.493 e. The van der Waals surface area contributed by atoms with Crippen LogP contribution in [0.25, 0.3) is 0 Å². The van der Waals surface area contributed by atoms with Crippen LogP contribution < -0.4 is 9.47 Å². The van der Waals surface area contributed by atoms with Gasteiger partial charge in [0.25, 0.3) is 0 Å². The van der Waals surface area contributed by atoms with Gasteiger partial charge in [-0.05, 0) is 0 Å². The maximum atomic E-state index is 5.67. The third kappa shape index (κ3) is 2.53. The molecule has 0 saturated carbocycles. The van der Waals surface area contributed by atoms with E-state index in [1.807, 2.05) is 0 Å². The Hall–Kier alpha value is -1.82. The van der Waals surface area contributed by atoms with Crippen LogP contribution >= 0.6 is 11.6 Å². The molecule has 0 aromatic carbocycles. The minimum Gasteiger partial charge on any atom is -0.493 e. The van der Waals surface area contributed by atoms with Crippen LogP contribution in [0.5, 0.6) is 11.5 Å². The van der Waals surface area contributed by atoms with Gasteiger partial charge in [-0.3, -0.25) is 4.98 Å². The lowest BCUT2D eigenvalue weighted by atomic mass is 10.3. The fourth-order valence-corrected chi connectivity index (χ4v) is 1.72. The number of aromatic nitrogens is 4. The van der Waals surface area contributed by atoms with Gasteiger partial charge < -0.3 is 9.47 Å². The van der Waals surface area contributed by atoms with Crippen molar-refractivity contribution in [2.75, 3.05) is 14.2 Å². The molecular weight excluding hydrogens is 256 g/mol. The van der Waals surface area contributed by atoms with E-state index in [0.717, 1.165) is 11.4 Å². The lowest BCUT2D eigenvalue weighted by Crippen LogP contribution is -2.05. The average molecular weight is 269 g/mol. The maximum Gasteiger partial charge on any atom is 0.184 e. The third-order valence-electron chi connectivity index (χ3n) is 2.40. The van der Waals surface area contributed by atoms with Crippen LogP contribution in [-0.2, 0) is 12.4 Å². The summed E-state index contributed by atoms with van der Waals surface area (Å²) in [5.74, 6) is 1.57. The fourth-order valence-electron chi connectivity index (χ4n) is 1.59. The van der Waals surface area contributed by atoms with Crippen LogP contribution in [0.4, 0.5) is 0 Å². The molecule has 0 radical (unpaired) electrons. The van der Waals surface area contributed by atoms with Crippen molar-refractivity contribution in [3.8, 4) is 11.5 Å². The molecule has 2 rings (SSSR count). The fraction of sp³-hybridized carbons (Fsp3) is 0.364. The van der Waals surface area contributed by atoms with Gasteiger partial charge in [0.1, 0.15) is 5.69 Å². The Labute approximate surface area is 109 Å². The van der Waals surface area contributed by atoms with E-state index in [9.17, 15) is 0 Å². The van der Waals surface area contributed by atoms with Gasteiger partial charge in [0.15, 0.2) is 11.5 Å². The summed E-state index contributed by atoms with van der Waals surface area (Å²) in [6.07, 6.45) is 3.43. The molecule has 0 amide bonds. The Kier molecular flexibility index (Phi) is 3.99. The van der Waals surface area contributed by atoms with Crippen LogP contribution in [0.2, 0.25) is 0 Å². The van der Waals surface area contributed by atoms with Gasteiger partial charge in [-0.25, -0.2) is 4.68 Å². The van der Waals surface area contributed by atoms with Crippen LogP contribution in [0, 0.1) is 0 Å². The molecule has 2 aromatic rings. The Morgan fingerprint density at radius 2 is 2.17 bits per heavy atom. The molecule has 0 aliphatic rings. The first-order valence-corrected chi connectivity index (χ1v) is 5.82. The van der Waals surface area contributed by atoms with Crippen LogP contribution in [0.1, 0.15) is 11.4 Å². The first-order valence-electron chi connectivity index (χ1n) is 5.29. The number of rotatable bonds is 5. The molecule has 0 saturated heterocycles. The molecule has 0 atom stereocenters. The number of hydrogen-bond acceptors (Lipinski definition) is 5. The second-order valence-electron chi connectivity index (χ2n) is 3.53. The van der Waals surface area contributed by atoms with Crippen molar-refractivity contribution in [3.05, 3.63) is 29.8 Å². The molecule has 2 aromatic heterocycles. The molecule has 18 heavy (non-hydrogen) atoms. The van der Waals surface area contributed by atoms with Crippen LogP contribution in [0.15, 0.2) is 18.5 Å². The van der Waals surface area contributed by atoms with E-state index in [4.69, 9.17) is 21.1 Å². The predicted molar refractivity (Wildman–Crippen MR) is 66.0 cm³/mol. The molecule has 7 heteroatoms. The summed E-state index contributed by atoms with van der Waals surface area (Å²) in [6.45, 7) is 0.449. The lowest BCUT2D eigenvalue weighted by molar-refractivity contribution is 0.348. The minimum atomic E-state index is 0.336. The molecule has 0 aliphatic heterocycles. The summed E-state index contributed by atoms with van der Waals surface area (Å²) in [6, 6.07) is 1.74. The number of hydrogen-bond donors (Lipinski definition) is 0. The third-order valence-corrected chi connectivity index (χ3v) is 2.67. The van der Waals surface area contributed by atoms with Crippen molar-refractivity contribution in [3.63, 3.8) is 0 Å². The number of alkyl halides is 1. The molecule has 6 nitrogen and oxygen atoms in total. The van der Waals surface area contributed by atoms with Crippen molar-refractivity contribution < 1.29 is 9.47 Å². The number of nitrogens with zero attached hydrogens (tertiary/aromatic N) is 4. The second kappa shape index (κ2) is 5.68. The summed E-state index contributed by atoms with van der Waals surface area (Å²) in [5, 5.41) is 7.87. The molecule has 96 valence electrons. The summed E-state index contributed by atoms with van der Waals surface area (Å²) < 4.78 is 12.2. The molecule has 0 aliphatic carbocycles.